The summed E-state index contributed by atoms with van der Waals surface area (Å²) < 4.78 is 5.59. The predicted octanol–water partition coefficient (Wildman–Crippen LogP) is 4.02. The van der Waals surface area contributed by atoms with Crippen molar-refractivity contribution in [2.75, 3.05) is 13.7 Å². The van der Waals surface area contributed by atoms with Gasteiger partial charge in [0, 0.05) is 4.88 Å². The van der Waals surface area contributed by atoms with Gasteiger partial charge in [-0.2, -0.15) is 0 Å². The van der Waals surface area contributed by atoms with Gasteiger partial charge in [-0.15, -0.1) is 11.3 Å². The second-order valence-electron chi connectivity index (χ2n) is 4.39. The fourth-order valence-corrected chi connectivity index (χ4v) is 3.43. The van der Waals surface area contributed by atoms with Crippen LogP contribution in [-0.4, -0.2) is 13.7 Å². The Labute approximate surface area is 119 Å². The zero-order valence-corrected chi connectivity index (χ0v) is 12.6. The summed E-state index contributed by atoms with van der Waals surface area (Å²) in [5.74, 6) is 0.940. The molecule has 0 fully saturated rings. The molecule has 0 saturated heterocycles. The molecule has 2 rings (SSSR count). The Balaban J connectivity index is 2.34. The van der Waals surface area contributed by atoms with Crippen LogP contribution in [0.15, 0.2) is 35.7 Å². The predicted molar refractivity (Wildman–Crippen MR) is 82.2 cm³/mol. The van der Waals surface area contributed by atoms with Crippen molar-refractivity contribution < 1.29 is 4.74 Å². The minimum atomic E-state index is 0.246. The van der Waals surface area contributed by atoms with Gasteiger partial charge in [0.05, 0.1) is 12.6 Å². The number of rotatable bonds is 6. The third kappa shape index (κ3) is 3.17. The molecule has 1 N–H and O–H groups in total. The molecule has 1 heterocycles. The van der Waals surface area contributed by atoms with Crippen LogP contribution in [0.3, 0.4) is 0 Å². The van der Waals surface area contributed by atoms with Crippen molar-refractivity contribution in [2.45, 2.75) is 26.3 Å². The molecule has 2 aromatic rings. The minimum absolute atomic E-state index is 0.246. The van der Waals surface area contributed by atoms with Gasteiger partial charge in [0.25, 0.3) is 0 Å². The van der Waals surface area contributed by atoms with E-state index in [-0.39, 0.29) is 6.04 Å². The molecule has 1 aromatic heterocycles. The molecule has 0 aliphatic carbocycles. The molecule has 3 heteroatoms. The van der Waals surface area contributed by atoms with Gasteiger partial charge >= 0.3 is 0 Å². The summed E-state index contributed by atoms with van der Waals surface area (Å²) in [6, 6.07) is 10.8. The highest BCUT2D eigenvalue weighted by Gasteiger charge is 2.16. The van der Waals surface area contributed by atoms with E-state index in [1.54, 1.807) is 0 Å². The highest BCUT2D eigenvalue weighted by molar-refractivity contribution is 7.10. The average Bonchev–Trinajstić information content (AvgIpc) is 2.89. The molecule has 0 radical (unpaired) electrons. The van der Waals surface area contributed by atoms with Gasteiger partial charge in [-0.05, 0) is 55.1 Å². The van der Waals surface area contributed by atoms with Gasteiger partial charge < -0.3 is 10.1 Å². The van der Waals surface area contributed by atoms with Crippen molar-refractivity contribution in [3.05, 3.63) is 51.7 Å². The Morgan fingerprint density at radius 1 is 1.26 bits per heavy atom. The summed E-state index contributed by atoms with van der Waals surface area (Å²) in [6.45, 7) is 4.92. The Bertz CT molecular complexity index is 521. The van der Waals surface area contributed by atoms with Crippen LogP contribution in [0.4, 0.5) is 0 Å². The van der Waals surface area contributed by atoms with E-state index in [4.69, 9.17) is 4.74 Å². The first-order chi connectivity index (χ1) is 9.30. The average molecular weight is 275 g/mol. The normalized spacial score (nSPS) is 12.4. The lowest BCUT2D eigenvalue weighted by Crippen LogP contribution is -2.17. The van der Waals surface area contributed by atoms with Gasteiger partial charge in [0.1, 0.15) is 5.75 Å². The van der Waals surface area contributed by atoms with Crippen molar-refractivity contribution >= 4 is 11.3 Å². The van der Waals surface area contributed by atoms with Gasteiger partial charge in [-0.25, -0.2) is 0 Å². The largest absolute Gasteiger partial charge is 0.494 e. The molecular weight excluding hydrogens is 254 g/mol. The van der Waals surface area contributed by atoms with E-state index in [0.29, 0.717) is 6.61 Å². The van der Waals surface area contributed by atoms with Gasteiger partial charge in [-0.1, -0.05) is 19.1 Å². The lowest BCUT2D eigenvalue weighted by Gasteiger charge is -2.18. The van der Waals surface area contributed by atoms with E-state index in [1.165, 1.54) is 16.0 Å². The van der Waals surface area contributed by atoms with Crippen LogP contribution < -0.4 is 10.1 Å². The number of hydrogen-bond acceptors (Lipinski definition) is 3. The third-order valence-electron chi connectivity index (χ3n) is 3.21. The molecular formula is C16H21NOS. The molecule has 0 saturated carbocycles. The molecule has 19 heavy (non-hydrogen) atoms. The van der Waals surface area contributed by atoms with Crippen LogP contribution in [-0.2, 0) is 6.42 Å². The fraction of sp³-hybridized carbons (Fsp3) is 0.375. The summed E-state index contributed by atoms with van der Waals surface area (Å²) in [5.41, 5.74) is 2.68. The summed E-state index contributed by atoms with van der Waals surface area (Å²) in [7, 11) is 2.01. The van der Waals surface area contributed by atoms with Crippen molar-refractivity contribution in [2.24, 2.45) is 0 Å². The second kappa shape index (κ2) is 6.73. The number of thiophene rings is 1. The zero-order valence-electron chi connectivity index (χ0n) is 11.8. The zero-order chi connectivity index (χ0) is 13.7. The standard InChI is InChI=1S/C16H21NOS/c1-4-12-9-10-19-16(12)15(17-3)13-7-6-8-14(11-13)18-5-2/h6-11,15,17H,4-5H2,1-3H3. The van der Waals surface area contributed by atoms with Crippen LogP contribution >= 0.6 is 11.3 Å². The molecule has 0 bridgehead atoms. The quantitative estimate of drug-likeness (QED) is 0.860. The lowest BCUT2D eigenvalue weighted by atomic mass is 10.0. The van der Waals surface area contributed by atoms with Gasteiger partial charge in [-0.3, -0.25) is 0 Å². The molecule has 1 aromatic carbocycles. The smallest absolute Gasteiger partial charge is 0.119 e. The summed E-state index contributed by atoms with van der Waals surface area (Å²) in [5, 5.41) is 5.59. The summed E-state index contributed by atoms with van der Waals surface area (Å²) in [6.07, 6.45) is 1.07. The van der Waals surface area contributed by atoms with Crippen LogP contribution in [0, 0.1) is 0 Å². The molecule has 102 valence electrons. The fourth-order valence-electron chi connectivity index (χ4n) is 2.29. The number of aryl methyl sites for hydroxylation is 1. The SMILES string of the molecule is CCOc1cccc(C(NC)c2sccc2CC)c1. The third-order valence-corrected chi connectivity index (χ3v) is 4.24. The highest BCUT2D eigenvalue weighted by Crippen LogP contribution is 2.31. The van der Waals surface area contributed by atoms with Crippen LogP contribution in [0.1, 0.15) is 35.9 Å². The monoisotopic (exact) mass is 275 g/mol. The number of benzene rings is 1. The molecule has 1 atom stereocenters. The Morgan fingerprint density at radius 3 is 2.79 bits per heavy atom. The maximum Gasteiger partial charge on any atom is 0.119 e. The first-order valence-electron chi connectivity index (χ1n) is 6.76. The summed E-state index contributed by atoms with van der Waals surface area (Å²) >= 11 is 1.82. The lowest BCUT2D eigenvalue weighted by molar-refractivity contribution is 0.339. The van der Waals surface area contributed by atoms with E-state index in [0.717, 1.165) is 12.2 Å². The molecule has 0 spiro atoms. The van der Waals surface area contributed by atoms with Gasteiger partial charge in [0.15, 0.2) is 0 Å². The maximum atomic E-state index is 5.59. The van der Waals surface area contributed by atoms with Crippen LogP contribution in [0.2, 0.25) is 0 Å². The Morgan fingerprint density at radius 2 is 2.11 bits per heavy atom. The Kier molecular flexibility index (Phi) is 5.00. The number of ether oxygens (including phenoxy) is 1. The van der Waals surface area contributed by atoms with Crippen molar-refractivity contribution in [1.82, 2.24) is 5.32 Å². The van der Waals surface area contributed by atoms with E-state index >= 15 is 0 Å². The van der Waals surface area contributed by atoms with E-state index in [2.05, 4.69) is 41.9 Å². The topological polar surface area (TPSA) is 21.3 Å². The molecule has 1 unspecified atom stereocenters. The van der Waals surface area contributed by atoms with Crippen LogP contribution in [0.5, 0.6) is 5.75 Å². The molecule has 0 aliphatic heterocycles. The number of nitrogens with one attached hydrogen (secondary N) is 1. The maximum absolute atomic E-state index is 5.59. The van der Waals surface area contributed by atoms with Crippen molar-refractivity contribution in [3.63, 3.8) is 0 Å². The molecule has 0 amide bonds. The van der Waals surface area contributed by atoms with Gasteiger partial charge in [0.2, 0.25) is 0 Å². The molecule has 0 aliphatic rings. The second-order valence-corrected chi connectivity index (χ2v) is 5.34. The van der Waals surface area contributed by atoms with E-state index < -0.39 is 0 Å². The van der Waals surface area contributed by atoms with Crippen molar-refractivity contribution in [3.8, 4) is 5.75 Å². The van der Waals surface area contributed by atoms with E-state index in [1.807, 2.05) is 31.4 Å². The summed E-state index contributed by atoms with van der Waals surface area (Å²) in [4.78, 5) is 1.40. The van der Waals surface area contributed by atoms with Crippen molar-refractivity contribution in [1.29, 1.82) is 0 Å². The first-order valence-corrected chi connectivity index (χ1v) is 7.64. The van der Waals surface area contributed by atoms with Crippen LogP contribution in [0.25, 0.3) is 0 Å². The number of hydrogen-bond donors (Lipinski definition) is 1. The minimum Gasteiger partial charge on any atom is -0.494 e. The first kappa shape index (κ1) is 14.1. The highest BCUT2D eigenvalue weighted by atomic mass is 32.1. The Hall–Kier alpha value is -1.32. The van der Waals surface area contributed by atoms with E-state index in [9.17, 15) is 0 Å². The molecule has 2 nitrogen and oxygen atoms in total.